The van der Waals surface area contributed by atoms with Crippen molar-refractivity contribution in [3.8, 4) is 5.75 Å². The van der Waals surface area contributed by atoms with Gasteiger partial charge in [-0.1, -0.05) is 30.3 Å². The Kier molecular flexibility index (Phi) is 6.15. The molecule has 1 atom stereocenters. The molecular formula is C17H20O5S. The van der Waals surface area contributed by atoms with E-state index in [2.05, 4.69) is 0 Å². The molecule has 0 heterocycles. The molecule has 2 rings (SSSR count). The number of hydrogen-bond acceptors (Lipinski definition) is 5. The largest absolute Gasteiger partial charge is 0.497 e. The van der Waals surface area contributed by atoms with Crippen LogP contribution in [0, 0.1) is 0 Å². The summed E-state index contributed by atoms with van der Waals surface area (Å²) < 4.78 is 34.7. The second-order valence-electron chi connectivity index (χ2n) is 5.11. The number of ether oxygens (including phenoxy) is 2. The van der Waals surface area contributed by atoms with Crippen LogP contribution in [0.1, 0.15) is 5.56 Å². The number of methoxy groups -OCH3 is 1. The second kappa shape index (κ2) is 8.10. The quantitative estimate of drug-likeness (QED) is 0.799. The van der Waals surface area contributed by atoms with E-state index in [0.29, 0.717) is 6.61 Å². The molecule has 6 heteroatoms. The maximum absolute atomic E-state index is 12.1. The maximum Gasteiger partial charge on any atom is 0.180 e. The van der Waals surface area contributed by atoms with Gasteiger partial charge in [-0.05, 0) is 29.8 Å². The molecule has 0 saturated heterocycles. The van der Waals surface area contributed by atoms with Gasteiger partial charge in [0.1, 0.15) is 5.75 Å². The molecule has 0 radical (unpaired) electrons. The van der Waals surface area contributed by atoms with Gasteiger partial charge in [-0.15, -0.1) is 0 Å². The number of rotatable bonds is 8. The summed E-state index contributed by atoms with van der Waals surface area (Å²) in [6.45, 7) is 0.254. The number of benzene rings is 2. The van der Waals surface area contributed by atoms with Gasteiger partial charge in [0.15, 0.2) is 9.84 Å². The molecule has 0 amide bonds. The Labute approximate surface area is 136 Å². The summed E-state index contributed by atoms with van der Waals surface area (Å²) in [4.78, 5) is 0.203. The molecule has 0 aromatic heterocycles. The van der Waals surface area contributed by atoms with Crippen molar-refractivity contribution in [2.45, 2.75) is 17.6 Å². The van der Waals surface area contributed by atoms with E-state index >= 15 is 0 Å². The Balaban J connectivity index is 1.81. The van der Waals surface area contributed by atoms with Crippen LogP contribution >= 0.6 is 0 Å². The Morgan fingerprint density at radius 2 is 1.70 bits per heavy atom. The summed E-state index contributed by atoms with van der Waals surface area (Å²) in [6, 6.07) is 15.4. The minimum atomic E-state index is -3.51. The second-order valence-corrected chi connectivity index (χ2v) is 7.15. The average molecular weight is 336 g/mol. The van der Waals surface area contributed by atoms with E-state index in [9.17, 15) is 13.5 Å². The lowest BCUT2D eigenvalue weighted by atomic mass is 10.2. The lowest BCUT2D eigenvalue weighted by molar-refractivity contribution is 0.0390. The van der Waals surface area contributed by atoms with E-state index in [0.717, 1.165) is 11.3 Å². The Bertz CT molecular complexity index is 696. The molecule has 1 N–H and O–H groups in total. The summed E-state index contributed by atoms with van der Waals surface area (Å²) >= 11 is 0. The number of aliphatic hydroxyl groups excluding tert-OH is 1. The third-order valence-corrected chi connectivity index (χ3v) is 5.07. The molecule has 0 fully saturated rings. The molecule has 2 aromatic carbocycles. The van der Waals surface area contributed by atoms with Gasteiger partial charge >= 0.3 is 0 Å². The monoisotopic (exact) mass is 336 g/mol. The summed E-state index contributed by atoms with van der Waals surface area (Å²) in [5.74, 6) is 0.391. The molecule has 0 saturated carbocycles. The van der Waals surface area contributed by atoms with Crippen LogP contribution in [0.25, 0.3) is 0 Å². The fourth-order valence-corrected chi connectivity index (χ4v) is 3.43. The van der Waals surface area contributed by atoms with Gasteiger partial charge in [-0.25, -0.2) is 8.42 Å². The predicted molar refractivity (Wildman–Crippen MR) is 87.2 cm³/mol. The standard InChI is InChI=1S/C17H20O5S/c1-21-16-9-7-14(8-10-16)11-22-12-15(18)13-23(19,20)17-5-3-2-4-6-17/h2-10,15,18H,11-13H2,1H3. The first-order chi connectivity index (χ1) is 11.0. The van der Waals surface area contributed by atoms with Gasteiger partial charge in [-0.3, -0.25) is 0 Å². The normalized spacial score (nSPS) is 12.8. The molecule has 5 nitrogen and oxygen atoms in total. The average Bonchev–Trinajstić information content (AvgIpc) is 2.56. The zero-order valence-electron chi connectivity index (χ0n) is 12.9. The van der Waals surface area contributed by atoms with E-state index < -0.39 is 15.9 Å². The first-order valence-corrected chi connectivity index (χ1v) is 8.83. The minimum absolute atomic E-state index is 0.0436. The number of hydrogen-bond donors (Lipinski definition) is 1. The van der Waals surface area contributed by atoms with Crippen LogP contribution in [0.3, 0.4) is 0 Å². The topological polar surface area (TPSA) is 72.8 Å². The predicted octanol–water partition coefficient (Wildman–Crippen LogP) is 2.05. The highest BCUT2D eigenvalue weighted by Crippen LogP contribution is 2.13. The zero-order valence-corrected chi connectivity index (χ0v) is 13.7. The van der Waals surface area contributed by atoms with E-state index in [1.54, 1.807) is 25.3 Å². The molecule has 2 aromatic rings. The van der Waals surface area contributed by atoms with Crippen LogP contribution in [0.5, 0.6) is 5.75 Å². The Hall–Kier alpha value is -1.89. The molecular weight excluding hydrogens is 316 g/mol. The summed E-state index contributed by atoms with van der Waals surface area (Å²) in [5, 5.41) is 9.88. The van der Waals surface area contributed by atoms with Gasteiger partial charge in [0, 0.05) is 0 Å². The van der Waals surface area contributed by atoms with E-state index in [4.69, 9.17) is 9.47 Å². The molecule has 1 unspecified atom stereocenters. The Morgan fingerprint density at radius 1 is 1.04 bits per heavy atom. The van der Waals surface area contributed by atoms with Crippen molar-refractivity contribution in [3.05, 3.63) is 60.2 Å². The summed E-state index contributed by atoms with van der Waals surface area (Å²) in [7, 11) is -1.92. The first kappa shape index (κ1) is 17.5. The first-order valence-electron chi connectivity index (χ1n) is 7.18. The number of sulfone groups is 1. The Morgan fingerprint density at radius 3 is 2.30 bits per heavy atom. The van der Waals surface area contributed by atoms with Gasteiger partial charge in [-0.2, -0.15) is 0 Å². The van der Waals surface area contributed by atoms with E-state index in [-0.39, 0.29) is 17.3 Å². The van der Waals surface area contributed by atoms with Gasteiger partial charge in [0.2, 0.25) is 0 Å². The van der Waals surface area contributed by atoms with Crippen molar-refractivity contribution in [3.63, 3.8) is 0 Å². The van der Waals surface area contributed by atoms with Crippen LogP contribution in [-0.4, -0.2) is 39.1 Å². The van der Waals surface area contributed by atoms with E-state index in [1.165, 1.54) is 12.1 Å². The lowest BCUT2D eigenvalue weighted by Crippen LogP contribution is -2.25. The minimum Gasteiger partial charge on any atom is -0.497 e. The van der Waals surface area contributed by atoms with Crippen LogP contribution in [-0.2, 0) is 21.2 Å². The SMILES string of the molecule is COc1ccc(COCC(O)CS(=O)(=O)c2ccccc2)cc1. The van der Waals surface area contributed by atoms with Crippen molar-refractivity contribution in [1.29, 1.82) is 0 Å². The van der Waals surface area contributed by atoms with Crippen molar-refractivity contribution >= 4 is 9.84 Å². The molecule has 0 aliphatic rings. The molecule has 23 heavy (non-hydrogen) atoms. The van der Waals surface area contributed by atoms with Gasteiger partial charge < -0.3 is 14.6 Å². The van der Waals surface area contributed by atoms with Gasteiger partial charge in [0.05, 0.1) is 37.1 Å². The van der Waals surface area contributed by atoms with Crippen LogP contribution in [0.2, 0.25) is 0 Å². The maximum atomic E-state index is 12.1. The third-order valence-electron chi connectivity index (χ3n) is 3.25. The molecule has 0 spiro atoms. The third kappa shape index (κ3) is 5.35. The highest BCUT2D eigenvalue weighted by atomic mass is 32.2. The van der Waals surface area contributed by atoms with Crippen molar-refractivity contribution in [2.75, 3.05) is 19.5 Å². The van der Waals surface area contributed by atoms with Crippen LogP contribution in [0.4, 0.5) is 0 Å². The van der Waals surface area contributed by atoms with Crippen molar-refractivity contribution in [2.24, 2.45) is 0 Å². The molecule has 124 valence electrons. The lowest BCUT2D eigenvalue weighted by Gasteiger charge is -2.12. The fourth-order valence-electron chi connectivity index (χ4n) is 2.06. The van der Waals surface area contributed by atoms with Gasteiger partial charge in [0.25, 0.3) is 0 Å². The molecule has 0 aliphatic carbocycles. The summed E-state index contributed by atoms with van der Waals surface area (Å²) in [5.41, 5.74) is 0.920. The van der Waals surface area contributed by atoms with Crippen molar-refractivity contribution in [1.82, 2.24) is 0 Å². The van der Waals surface area contributed by atoms with Crippen LogP contribution in [0.15, 0.2) is 59.5 Å². The highest BCUT2D eigenvalue weighted by Gasteiger charge is 2.19. The fraction of sp³-hybridized carbons (Fsp3) is 0.294. The summed E-state index contributed by atoms with van der Waals surface area (Å²) in [6.07, 6.45) is -1.07. The van der Waals surface area contributed by atoms with Crippen LogP contribution < -0.4 is 4.74 Å². The number of aliphatic hydroxyl groups is 1. The van der Waals surface area contributed by atoms with E-state index in [1.807, 2.05) is 24.3 Å². The van der Waals surface area contributed by atoms with Crippen molar-refractivity contribution < 1.29 is 23.0 Å². The molecule has 0 aliphatic heterocycles. The zero-order chi connectivity index (χ0) is 16.7. The smallest absolute Gasteiger partial charge is 0.180 e. The molecule has 0 bridgehead atoms. The highest BCUT2D eigenvalue weighted by molar-refractivity contribution is 7.91.